The highest BCUT2D eigenvalue weighted by molar-refractivity contribution is 6.00. The minimum absolute atomic E-state index is 0.110. The van der Waals surface area contributed by atoms with Gasteiger partial charge in [-0.3, -0.25) is 9.59 Å². The fraction of sp³-hybridized carbons (Fsp3) is 0.346. The van der Waals surface area contributed by atoms with Gasteiger partial charge in [0.15, 0.2) is 11.6 Å². The summed E-state index contributed by atoms with van der Waals surface area (Å²) in [7, 11) is 3.61. The number of halogens is 1. The van der Waals surface area contributed by atoms with Gasteiger partial charge < -0.3 is 23.8 Å². The number of amides is 1. The molecule has 3 aromatic rings. The van der Waals surface area contributed by atoms with Crippen LogP contribution in [0.5, 0.6) is 11.5 Å². The van der Waals surface area contributed by atoms with Crippen LogP contribution in [0.3, 0.4) is 0 Å². The second kappa shape index (κ2) is 9.62. The fourth-order valence-corrected chi connectivity index (χ4v) is 4.61. The van der Waals surface area contributed by atoms with Crippen LogP contribution < -0.4 is 25.2 Å². The van der Waals surface area contributed by atoms with E-state index in [0.29, 0.717) is 42.4 Å². The van der Waals surface area contributed by atoms with E-state index in [1.807, 2.05) is 23.4 Å². The molecule has 9 nitrogen and oxygen atoms in total. The maximum Gasteiger partial charge on any atom is 0.276 e. The van der Waals surface area contributed by atoms with Gasteiger partial charge in [-0.15, -0.1) is 0 Å². The molecule has 2 aromatic carbocycles. The minimum atomic E-state index is -0.667. The van der Waals surface area contributed by atoms with Crippen LogP contribution in [0.4, 0.5) is 10.1 Å². The third kappa shape index (κ3) is 4.28. The van der Waals surface area contributed by atoms with Crippen molar-refractivity contribution in [1.82, 2.24) is 14.9 Å². The summed E-state index contributed by atoms with van der Waals surface area (Å²) in [4.78, 5) is 30.4. The molecule has 1 saturated heterocycles. The number of ether oxygens (including phenoxy) is 2. The normalized spacial score (nSPS) is 17.9. The summed E-state index contributed by atoms with van der Waals surface area (Å²) in [5, 5.41) is 4.09. The van der Waals surface area contributed by atoms with Gasteiger partial charge in [-0.05, 0) is 49.9 Å². The Balaban J connectivity index is 1.50. The Kier molecular flexibility index (Phi) is 6.36. The third-order valence-corrected chi connectivity index (χ3v) is 6.70. The van der Waals surface area contributed by atoms with E-state index in [4.69, 9.17) is 9.47 Å². The quantitative estimate of drug-likeness (QED) is 0.434. The molecule has 0 saturated carbocycles. The number of hydrogen-bond acceptors (Lipinski definition) is 7. The minimum Gasteiger partial charge on any atom is -0.497 e. The van der Waals surface area contributed by atoms with E-state index in [9.17, 15) is 9.59 Å². The van der Waals surface area contributed by atoms with Crippen LogP contribution in [-0.4, -0.2) is 68.5 Å². The Labute approximate surface area is 207 Å². The van der Waals surface area contributed by atoms with Crippen LogP contribution in [0.1, 0.15) is 28.9 Å². The highest BCUT2D eigenvalue weighted by Gasteiger charge is 2.31. The summed E-state index contributed by atoms with van der Waals surface area (Å²) in [5.41, 5.74) is 3.36. The van der Waals surface area contributed by atoms with Crippen LogP contribution in [-0.2, 0) is 0 Å². The number of piperazine rings is 1. The van der Waals surface area contributed by atoms with Gasteiger partial charge in [0, 0.05) is 32.4 Å². The molecular weight excluding hydrogens is 465 g/mol. The molecule has 1 fully saturated rings. The molecule has 10 heteroatoms. The molecule has 1 atom stereocenters. The second-order valence-corrected chi connectivity index (χ2v) is 9.13. The van der Waals surface area contributed by atoms with Crippen molar-refractivity contribution >= 4 is 28.7 Å². The average molecular weight is 494 g/mol. The Morgan fingerprint density at radius 3 is 2.64 bits per heavy atom. The van der Waals surface area contributed by atoms with Gasteiger partial charge in [0.1, 0.15) is 23.6 Å². The smallest absolute Gasteiger partial charge is 0.276 e. The highest BCUT2D eigenvalue weighted by atomic mass is 19.1. The van der Waals surface area contributed by atoms with Gasteiger partial charge in [0.25, 0.3) is 5.91 Å². The summed E-state index contributed by atoms with van der Waals surface area (Å²) in [6.07, 6.45) is 2.99. The summed E-state index contributed by atoms with van der Waals surface area (Å²) >= 11 is 0. The molecular formula is C26H28FN5O4. The molecule has 1 N–H and O–H groups in total. The lowest BCUT2D eigenvalue weighted by Gasteiger charge is -2.37. The van der Waals surface area contributed by atoms with Gasteiger partial charge >= 0.3 is 0 Å². The first-order valence-electron chi connectivity index (χ1n) is 11.8. The number of nitrogens with one attached hydrogen (secondary N) is 1. The second-order valence-electron chi connectivity index (χ2n) is 9.13. The highest BCUT2D eigenvalue weighted by Crippen LogP contribution is 2.42. The Bertz CT molecular complexity index is 1390. The monoisotopic (exact) mass is 493 g/mol. The third-order valence-electron chi connectivity index (χ3n) is 6.70. The van der Waals surface area contributed by atoms with Crippen LogP contribution in [0.2, 0.25) is 0 Å². The topological polar surface area (TPSA) is 88.4 Å². The zero-order valence-electron chi connectivity index (χ0n) is 20.5. The Morgan fingerprint density at radius 2 is 1.94 bits per heavy atom. The average Bonchev–Trinajstić information content (AvgIpc) is 2.88. The van der Waals surface area contributed by atoms with Gasteiger partial charge in [-0.2, -0.15) is 5.10 Å². The summed E-state index contributed by atoms with van der Waals surface area (Å²) < 4.78 is 28.4. The van der Waals surface area contributed by atoms with Crippen molar-refractivity contribution in [3.63, 3.8) is 0 Å². The van der Waals surface area contributed by atoms with Crippen molar-refractivity contribution < 1.29 is 18.7 Å². The Hall–Kier alpha value is -3.92. The number of likely N-dealkylation sites (N-methyl/N-ethyl adjacent to an activating group) is 1. The van der Waals surface area contributed by atoms with Crippen molar-refractivity contribution in [3.05, 3.63) is 63.7 Å². The fourth-order valence-electron chi connectivity index (χ4n) is 4.61. The van der Waals surface area contributed by atoms with E-state index in [0.717, 1.165) is 18.7 Å². The molecule has 1 amide bonds. The number of nitrogens with zero attached hydrogens (tertiary/aromatic N) is 4. The zero-order chi connectivity index (χ0) is 25.4. The largest absolute Gasteiger partial charge is 0.497 e. The SMILES string of the molecule is COc1ccc(/C=N/NC(=O)c2cn3c4c(c(N5CCN(C)CC5)c(F)cc4c2=O)OCC3C)cc1. The van der Waals surface area contributed by atoms with Crippen LogP contribution in [0, 0.1) is 5.82 Å². The molecule has 0 radical (unpaired) electrons. The van der Waals surface area contributed by atoms with Crippen LogP contribution >= 0.6 is 0 Å². The van der Waals surface area contributed by atoms with Crippen LogP contribution in [0.15, 0.2) is 46.4 Å². The molecule has 3 heterocycles. The van der Waals surface area contributed by atoms with Gasteiger partial charge in [-0.25, -0.2) is 9.82 Å². The lowest BCUT2D eigenvalue weighted by molar-refractivity contribution is 0.0953. The first-order valence-corrected chi connectivity index (χ1v) is 11.8. The molecule has 36 heavy (non-hydrogen) atoms. The van der Waals surface area contributed by atoms with Gasteiger partial charge in [0.05, 0.1) is 30.3 Å². The number of aromatic nitrogens is 1. The molecule has 2 aliphatic rings. The number of anilines is 1. The van der Waals surface area contributed by atoms with Crippen molar-refractivity contribution in [3.8, 4) is 11.5 Å². The van der Waals surface area contributed by atoms with Gasteiger partial charge in [0.2, 0.25) is 5.43 Å². The molecule has 1 unspecified atom stereocenters. The maximum absolute atomic E-state index is 15.4. The standard InChI is InChI=1S/C26H28FN5O4/c1-16-15-36-25-22-19(12-21(27)23(25)31-10-8-30(2)9-11-31)24(33)20(14-32(16)22)26(34)29-28-13-17-4-6-18(35-3)7-5-17/h4-7,12-14,16H,8-11,15H2,1-3H3,(H,29,34)/b28-13+. The number of hydrogen-bond donors (Lipinski definition) is 1. The number of carbonyl (C=O) groups excluding carboxylic acids is 1. The van der Waals surface area contributed by atoms with E-state index in [1.54, 1.807) is 31.4 Å². The molecule has 2 aliphatic heterocycles. The number of methoxy groups -OCH3 is 1. The number of benzene rings is 2. The lowest BCUT2D eigenvalue weighted by atomic mass is 10.0. The van der Waals surface area contributed by atoms with Crippen molar-refractivity contribution in [2.75, 3.05) is 51.8 Å². The number of carbonyl (C=O) groups is 1. The molecule has 188 valence electrons. The lowest BCUT2D eigenvalue weighted by Crippen LogP contribution is -2.45. The van der Waals surface area contributed by atoms with E-state index >= 15 is 4.39 Å². The van der Waals surface area contributed by atoms with Crippen molar-refractivity contribution in [2.24, 2.45) is 5.10 Å². The first-order chi connectivity index (χ1) is 17.4. The summed E-state index contributed by atoms with van der Waals surface area (Å²) in [6.45, 7) is 5.14. The van der Waals surface area contributed by atoms with Crippen LogP contribution in [0.25, 0.3) is 10.9 Å². The molecule has 0 aliphatic carbocycles. The van der Waals surface area contributed by atoms with Crippen molar-refractivity contribution in [1.29, 1.82) is 0 Å². The number of pyridine rings is 1. The Morgan fingerprint density at radius 1 is 1.22 bits per heavy atom. The van der Waals surface area contributed by atoms with E-state index < -0.39 is 17.2 Å². The number of hydrazone groups is 1. The summed E-state index contributed by atoms with van der Waals surface area (Å²) in [5.74, 6) is -0.140. The zero-order valence-corrected chi connectivity index (χ0v) is 20.5. The number of rotatable bonds is 5. The molecule has 0 spiro atoms. The van der Waals surface area contributed by atoms with Gasteiger partial charge in [-0.1, -0.05) is 0 Å². The van der Waals surface area contributed by atoms with Crippen molar-refractivity contribution in [2.45, 2.75) is 13.0 Å². The molecule has 0 bridgehead atoms. The molecule has 1 aromatic heterocycles. The first kappa shape index (κ1) is 23.8. The van der Waals surface area contributed by atoms with E-state index in [-0.39, 0.29) is 17.0 Å². The predicted octanol–water partition coefficient (Wildman–Crippen LogP) is 2.62. The van der Waals surface area contributed by atoms with E-state index in [1.165, 1.54) is 18.5 Å². The maximum atomic E-state index is 15.4. The predicted molar refractivity (Wildman–Crippen MR) is 136 cm³/mol. The summed E-state index contributed by atoms with van der Waals surface area (Å²) in [6, 6.07) is 8.19. The van der Waals surface area contributed by atoms with E-state index in [2.05, 4.69) is 15.4 Å². The molecule has 5 rings (SSSR count).